The molecule has 2 nitrogen and oxygen atoms in total. The molecule has 17 heavy (non-hydrogen) atoms. The molecule has 94 valence electrons. The number of hydrogen-bond acceptors (Lipinski definition) is 2. The monoisotopic (exact) mass is 296 g/mol. The molecule has 0 aliphatic carbocycles. The Balaban J connectivity index is 2.03. The maximum atomic E-state index is 3.65. The normalized spacial score (nSPS) is 19.2. The van der Waals surface area contributed by atoms with Gasteiger partial charge in [0.2, 0.25) is 0 Å². The van der Waals surface area contributed by atoms with Gasteiger partial charge in [0.25, 0.3) is 0 Å². The lowest BCUT2D eigenvalue weighted by Gasteiger charge is -2.27. The van der Waals surface area contributed by atoms with Gasteiger partial charge in [-0.25, -0.2) is 0 Å². The van der Waals surface area contributed by atoms with Crippen LogP contribution in [0.15, 0.2) is 28.7 Å². The van der Waals surface area contributed by atoms with Crippen molar-refractivity contribution in [1.82, 2.24) is 10.6 Å². The molecule has 1 atom stereocenters. The van der Waals surface area contributed by atoms with Gasteiger partial charge in [0.15, 0.2) is 0 Å². The lowest BCUT2D eigenvalue weighted by Crippen LogP contribution is -2.30. The molecule has 0 spiro atoms. The highest BCUT2D eigenvalue weighted by atomic mass is 79.9. The Hall–Kier alpha value is -0.380. The van der Waals surface area contributed by atoms with Gasteiger partial charge in [-0.15, -0.1) is 0 Å². The number of rotatable bonds is 4. The molecular formula is C14H21BrN2. The average molecular weight is 297 g/mol. The third-order valence-corrected chi connectivity index (χ3v) is 4.38. The lowest BCUT2D eigenvalue weighted by molar-refractivity contribution is 0.318. The number of benzene rings is 1. The first kappa shape index (κ1) is 13.1. The summed E-state index contributed by atoms with van der Waals surface area (Å²) in [5.41, 5.74) is 1.38. The van der Waals surface area contributed by atoms with Crippen molar-refractivity contribution < 1.29 is 0 Å². The highest BCUT2D eigenvalue weighted by Crippen LogP contribution is 2.30. The summed E-state index contributed by atoms with van der Waals surface area (Å²) in [5.74, 6) is 0.848. The van der Waals surface area contributed by atoms with Gasteiger partial charge in [-0.1, -0.05) is 34.1 Å². The zero-order valence-corrected chi connectivity index (χ0v) is 12.0. The third kappa shape index (κ3) is 3.54. The van der Waals surface area contributed by atoms with Crippen molar-refractivity contribution in [2.45, 2.75) is 25.3 Å². The average Bonchev–Trinajstić information content (AvgIpc) is 2.38. The minimum absolute atomic E-state index is 0.466. The smallest absolute Gasteiger partial charge is 0.0331 e. The minimum atomic E-state index is 0.466. The second-order valence-electron chi connectivity index (χ2n) is 4.79. The molecule has 2 N–H and O–H groups in total. The Kier molecular flexibility index (Phi) is 5.01. The quantitative estimate of drug-likeness (QED) is 0.892. The lowest BCUT2D eigenvalue weighted by atomic mass is 9.88. The van der Waals surface area contributed by atoms with Gasteiger partial charge in [-0.05, 0) is 56.9 Å². The van der Waals surface area contributed by atoms with Crippen LogP contribution in [0, 0.1) is 5.92 Å². The predicted octanol–water partition coefficient (Wildman–Crippen LogP) is 3.10. The first-order chi connectivity index (χ1) is 8.31. The number of piperidine rings is 1. The molecule has 0 amide bonds. The zero-order chi connectivity index (χ0) is 12.1. The van der Waals surface area contributed by atoms with Gasteiger partial charge in [0, 0.05) is 10.5 Å². The third-order valence-electron chi connectivity index (χ3n) is 3.66. The van der Waals surface area contributed by atoms with Gasteiger partial charge >= 0.3 is 0 Å². The molecule has 0 bridgehead atoms. The van der Waals surface area contributed by atoms with Crippen molar-refractivity contribution in [3.05, 3.63) is 34.3 Å². The second-order valence-corrected chi connectivity index (χ2v) is 5.65. The van der Waals surface area contributed by atoms with Crippen molar-refractivity contribution in [2.75, 3.05) is 20.1 Å². The molecule has 2 rings (SSSR count). The van der Waals surface area contributed by atoms with Crippen LogP contribution in [0.2, 0.25) is 0 Å². The molecule has 0 radical (unpaired) electrons. The first-order valence-electron chi connectivity index (χ1n) is 6.43. The predicted molar refractivity (Wildman–Crippen MR) is 76.2 cm³/mol. The summed E-state index contributed by atoms with van der Waals surface area (Å²) in [6.07, 6.45) is 3.85. The van der Waals surface area contributed by atoms with E-state index in [1.54, 1.807) is 0 Å². The summed E-state index contributed by atoms with van der Waals surface area (Å²) in [7, 11) is 2.06. The second kappa shape index (κ2) is 6.53. The SMILES string of the molecule is CNC(CC1CCNCC1)c1ccccc1Br. The summed E-state index contributed by atoms with van der Waals surface area (Å²) in [5, 5.41) is 6.88. The molecule has 1 saturated heterocycles. The maximum absolute atomic E-state index is 3.65. The van der Waals surface area contributed by atoms with Crippen LogP contribution in [-0.4, -0.2) is 20.1 Å². The van der Waals surface area contributed by atoms with Crippen LogP contribution in [0.1, 0.15) is 30.9 Å². The van der Waals surface area contributed by atoms with E-state index < -0.39 is 0 Å². The summed E-state index contributed by atoms with van der Waals surface area (Å²) in [6.45, 7) is 2.36. The Bertz CT molecular complexity index is 348. The molecular weight excluding hydrogens is 276 g/mol. The highest BCUT2D eigenvalue weighted by molar-refractivity contribution is 9.10. The van der Waals surface area contributed by atoms with Gasteiger partial charge < -0.3 is 10.6 Å². The standard InChI is InChI=1S/C14H21BrN2/c1-16-14(10-11-6-8-17-9-7-11)12-4-2-3-5-13(12)15/h2-5,11,14,16-17H,6-10H2,1H3. The molecule has 1 aromatic rings. The summed E-state index contributed by atoms with van der Waals surface area (Å²) in [6, 6.07) is 9.00. The van der Waals surface area contributed by atoms with Crippen LogP contribution in [0.3, 0.4) is 0 Å². The molecule has 1 aliphatic heterocycles. The topological polar surface area (TPSA) is 24.1 Å². The van der Waals surface area contributed by atoms with Gasteiger partial charge in [-0.3, -0.25) is 0 Å². The summed E-state index contributed by atoms with van der Waals surface area (Å²) < 4.78 is 1.22. The Morgan fingerprint density at radius 2 is 2.06 bits per heavy atom. The maximum Gasteiger partial charge on any atom is 0.0331 e. The zero-order valence-electron chi connectivity index (χ0n) is 10.4. The number of hydrogen-bond donors (Lipinski definition) is 2. The van der Waals surface area contributed by atoms with Crippen LogP contribution in [0.5, 0.6) is 0 Å². The summed E-state index contributed by atoms with van der Waals surface area (Å²) in [4.78, 5) is 0. The van der Waals surface area contributed by atoms with Crippen LogP contribution in [0.25, 0.3) is 0 Å². The van der Waals surface area contributed by atoms with Crippen LogP contribution >= 0.6 is 15.9 Å². The first-order valence-corrected chi connectivity index (χ1v) is 7.23. The van der Waals surface area contributed by atoms with Crippen molar-refractivity contribution in [3.8, 4) is 0 Å². The van der Waals surface area contributed by atoms with Crippen LogP contribution < -0.4 is 10.6 Å². The van der Waals surface area contributed by atoms with E-state index in [0.29, 0.717) is 6.04 Å². The van der Waals surface area contributed by atoms with E-state index in [-0.39, 0.29) is 0 Å². The molecule has 1 aromatic carbocycles. The fourth-order valence-electron chi connectivity index (χ4n) is 2.61. The van der Waals surface area contributed by atoms with E-state index in [0.717, 1.165) is 5.92 Å². The van der Waals surface area contributed by atoms with E-state index in [1.807, 2.05) is 0 Å². The molecule has 1 unspecified atom stereocenters. The number of halogens is 1. The van der Waals surface area contributed by atoms with Crippen molar-refractivity contribution in [2.24, 2.45) is 5.92 Å². The van der Waals surface area contributed by atoms with E-state index in [1.165, 1.54) is 42.4 Å². The molecule has 1 aliphatic rings. The highest BCUT2D eigenvalue weighted by Gasteiger charge is 2.20. The Labute approximate surface area is 112 Å². The van der Waals surface area contributed by atoms with Crippen LogP contribution in [0.4, 0.5) is 0 Å². The molecule has 0 saturated carbocycles. The van der Waals surface area contributed by atoms with Crippen molar-refractivity contribution >= 4 is 15.9 Å². The van der Waals surface area contributed by atoms with E-state index >= 15 is 0 Å². The Morgan fingerprint density at radius 3 is 2.71 bits per heavy atom. The van der Waals surface area contributed by atoms with E-state index in [2.05, 4.69) is 57.9 Å². The summed E-state index contributed by atoms with van der Waals surface area (Å²) >= 11 is 3.65. The van der Waals surface area contributed by atoms with E-state index in [4.69, 9.17) is 0 Å². The fraction of sp³-hybridized carbons (Fsp3) is 0.571. The van der Waals surface area contributed by atoms with E-state index in [9.17, 15) is 0 Å². The molecule has 3 heteroatoms. The molecule has 0 aromatic heterocycles. The van der Waals surface area contributed by atoms with Crippen LogP contribution in [-0.2, 0) is 0 Å². The fourth-order valence-corrected chi connectivity index (χ4v) is 3.17. The largest absolute Gasteiger partial charge is 0.317 e. The van der Waals surface area contributed by atoms with Gasteiger partial charge in [-0.2, -0.15) is 0 Å². The molecule has 1 fully saturated rings. The minimum Gasteiger partial charge on any atom is -0.317 e. The Morgan fingerprint density at radius 1 is 1.35 bits per heavy atom. The van der Waals surface area contributed by atoms with Gasteiger partial charge in [0.1, 0.15) is 0 Å². The van der Waals surface area contributed by atoms with Crippen molar-refractivity contribution in [1.29, 1.82) is 0 Å². The van der Waals surface area contributed by atoms with Crippen molar-refractivity contribution in [3.63, 3.8) is 0 Å². The van der Waals surface area contributed by atoms with Gasteiger partial charge in [0.05, 0.1) is 0 Å². The number of nitrogens with one attached hydrogen (secondary N) is 2. The molecule has 1 heterocycles.